The maximum Gasteiger partial charge on any atom is 0.339 e. The van der Waals surface area contributed by atoms with E-state index in [2.05, 4.69) is 4.90 Å². The summed E-state index contributed by atoms with van der Waals surface area (Å²) in [6, 6.07) is 8.49. The third kappa shape index (κ3) is 2.99. The summed E-state index contributed by atoms with van der Waals surface area (Å²) in [6.45, 7) is 1.66. The van der Waals surface area contributed by atoms with Gasteiger partial charge in [-0.25, -0.2) is 9.18 Å². The monoisotopic (exact) mass is 399 g/mol. The number of hydrogen-bond donors (Lipinski definition) is 0. The van der Waals surface area contributed by atoms with Gasteiger partial charge in [0.2, 0.25) is 0 Å². The van der Waals surface area contributed by atoms with Crippen LogP contribution in [0.15, 0.2) is 39.5 Å². The minimum atomic E-state index is -0.249. The van der Waals surface area contributed by atoms with E-state index >= 15 is 0 Å². The Morgan fingerprint density at radius 2 is 2.00 bits per heavy atom. The first-order valence-corrected chi connectivity index (χ1v) is 9.87. The Morgan fingerprint density at radius 3 is 2.86 bits per heavy atom. The molecule has 1 aromatic heterocycles. The fraction of sp³-hybridized carbons (Fsp3) is 0.318. The van der Waals surface area contributed by atoms with Crippen molar-refractivity contribution in [2.24, 2.45) is 0 Å². The molecular formula is C22H19ClFNO3. The molecule has 0 radical (unpaired) electrons. The van der Waals surface area contributed by atoms with Crippen LogP contribution in [0.4, 0.5) is 4.39 Å². The molecule has 0 bridgehead atoms. The van der Waals surface area contributed by atoms with Crippen LogP contribution in [-0.4, -0.2) is 18.2 Å². The minimum absolute atomic E-state index is 0.230. The van der Waals surface area contributed by atoms with Crippen molar-refractivity contribution in [1.29, 1.82) is 0 Å². The number of fused-ring (bicyclic) bond motifs is 5. The molecule has 1 aliphatic carbocycles. The van der Waals surface area contributed by atoms with Crippen molar-refractivity contribution in [3.8, 4) is 5.75 Å². The van der Waals surface area contributed by atoms with Crippen LogP contribution in [0.2, 0.25) is 5.02 Å². The molecule has 0 atom stereocenters. The largest absolute Gasteiger partial charge is 0.476 e. The average Bonchev–Trinajstić information content (AvgIpc) is 3.18. The Bertz CT molecular complexity index is 1140. The first kappa shape index (κ1) is 17.7. The van der Waals surface area contributed by atoms with Gasteiger partial charge < -0.3 is 9.15 Å². The molecule has 28 heavy (non-hydrogen) atoms. The lowest BCUT2D eigenvalue weighted by molar-refractivity contribution is 0.0968. The Kier molecular flexibility index (Phi) is 4.37. The standard InChI is InChI=1S/C22H19ClFNO3/c23-19-10-17-15-5-2-6-16(15)22(26)28-20(17)18-11-25(12-27-21(18)19)8-7-13-3-1-4-14(24)9-13/h1,3-4,9-10H,2,5-8,11-12H2. The highest BCUT2D eigenvalue weighted by atomic mass is 35.5. The molecule has 6 heteroatoms. The van der Waals surface area contributed by atoms with Crippen LogP contribution in [-0.2, 0) is 25.8 Å². The zero-order valence-corrected chi connectivity index (χ0v) is 16.0. The lowest BCUT2D eigenvalue weighted by atomic mass is 10.0. The predicted octanol–water partition coefficient (Wildman–Crippen LogP) is 4.47. The highest BCUT2D eigenvalue weighted by molar-refractivity contribution is 6.33. The molecule has 0 unspecified atom stereocenters. The zero-order chi connectivity index (χ0) is 19.3. The first-order chi connectivity index (χ1) is 13.6. The van der Waals surface area contributed by atoms with E-state index < -0.39 is 0 Å². The first-order valence-electron chi connectivity index (χ1n) is 9.49. The van der Waals surface area contributed by atoms with Crippen LogP contribution < -0.4 is 10.4 Å². The number of halogens is 2. The van der Waals surface area contributed by atoms with Crippen LogP contribution in [0.25, 0.3) is 11.0 Å². The Balaban J connectivity index is 1.49. The van der Waals surface area contributed by atoms with Gasteiger partial charge in [0, 0.05) is 24.0 Å². The zero-order valence-electron chi connectivity index (χ0n) is 15.3. The third-order valence-electron chi connectivity index (χ3n) is 5.64. The van der Waals surface area contributed by atoms with E-state index in [1.165, 1.54) is 6.07 Å². The van der Waals surface area contributed by atoms with Gasteiger partial charge in [0.1, 0.15) is 23.9 Å². The Morgan fingerprint density at radius 1 is 1.14 bits per heavy atom. The molecule has 0 spiro atoms. The van der Waals surface area contributed by atoms with Gasteiger partial charge in [-0.2, -0.15) is 0 Å². The number of rotatable bonds is 3. The number of ether oxygens (including phenoxy) is 1. The lowest BCUT2D eigenvalue weighted by Gasteiger charge is -2.30. The summed E-state index contributed by atoms with van der Waals surface area (Å²) in [6.07, 6.45) is 3.30. The van der Waals surface area contributed by atoms with E-state index in [1.807, 2.05) is 12.1 Å². The topological polar surface area (TPSA) is 42.7 Å². The van der Waals surface area contributed by atoms with E-state index in [1.54, 1.807) is 12.1 Å². The molecule has 0 saturated heterocycles. The van der Waals surface area contributed by atoms with Crippen molar-refractivity contribution in [2.45, 2.75) is 32.2 Å². The van der Waals surface area contributed by atoms with Crippen LogP contribution in [0.3, 0.4) is 0 Å². The van der Waals surface area contributed by atoms with Crippen molar-refractivity contribution >= 4 is 22.6 Å². The smallest absolute Gasteiger partial charge is 0.339 e. The van der Waals surface area contributed by atoms with Gasteiger partial charge in [0.15, 0.2) is 0 Å². The summed E-state index contributed by atoms with van der Waals surface area (Å²) < 4.78 is 25.0. The normalized spacial score (nSPS) is 16.1. The minimum Gasteiger partial charge on any atom is -0.476 e. The molecule has 2 aromatic carbocycles. The molecule has 0 saturated carbocycles. The molecule has 0 N–H and O–H groups in total. The fourth-order valence-corrected chi connectivity index (χ4v) is 4.55. The molecular weight excluding hydrogens is 381 g/mol. The summed E-state index contributed by atoms with van der Waals surface area (Å²) >= 11 is 6.50. The van der Waals surface area contributed by atoms with Gasteiger partial charge in [-0.1, -0.05) is 23.7 Å². The highest BCUT2D eigenvalue weighted by Gasteiger charge is 2.27. The van der Waals surface area contributed by atoms with E-state index in [9.17, 15) is 9.18 Å². The van der Waals surface area contributed by atoms with Gasteiger partial charge in [0.05, 0.1) is 10.6 Å². The molecule has 1 aliphatic heterocycles. The molecule has 2 aliphatic rings. The maximum absolute atomic E-state index is 13.4. The van der Waals surface area contributed by atoms with Crippen molar-refractivity contribution in [2.75, 3.05) is 13.3 Å². The van der Waals surface area contributed by atoms with E-state index in [0.29, 0.717) is 42.6 Å². The quantitative estimate of drug-likeness (QED) is 0.609. The summed E-state index contributed by atoms with van der Waals surface area (Å²) in [7, 11) is 0. The Labute approximate surface area is 166 Å². The van der Waals surface area contributed by atoms with Gasteiger partial charge in [-0.15, -0.1) is 0 Å². The number of aryl methyl sites for hydroxylation is 1. The number of nitrogens with zero attached hydrogens (tertiary/aromatic N) is 1. The van der Waals surface area contributed by atoms with Crippen molar-refractivity contribution < 1.29 is 13.5 Å². The summed E-state index contributed by atoms with van der Waals surface area (Å²) in [5.41, 5.74) is 3.93. The Hall–Kier alpha value is -2.37. The second-order valence-electron chi connectivity index (χ2n) is 7.45. The number of hydrogen-bond acceptors (Lipinski definition) is 4. The van der Waals surface area contributed by atoms with E-state index in [0.717, 1.165) is 46.9 Å². The molecule has 5 rings (SSSR count). The second-order valence-corrected chi connectivity index (χ2v) is 7.86. The molecule has 3 aromatic rings. The number of benzene rings is 2. The van der Waals surface area contributed by atoms with E-state index in [4.69, 9.17) is 20.8 Å². The van der Waals surface area contributed by atoms with Gasteiger partial charge in [0.25, 0.3) is 0 Å². The summed E-state index contributed by atoms with van der Waals surface area (Å²) in [5.74, 6) is 0.364. The fourth-order valence-electron chi connectivity index (χ4n) is 4.28. The van der Waals surface area contributed by atoms with Crippen LogP contribution in [0.1, 0.15) is 28.7 Å². The van der Waals surface area contributed by atoms with Crippen LogP contribution in [0, 0.1) is 5.82 Å². The second kappa shape index (κ2) is 6.90. The van der Waals surface area contributed by atoms with Gasteiger partial charge in [-0.3, -0.25) is 4.90 Å². The molecule has 0 fully saturated rings. The SMILES string of the molecule is O=c1oc2c3c(c(Cl)cc2c2c1CCC2)OCN(CCc1cccc(F)c1)C3. The van der Waals surface area contributed by atoms with Crippen molar-refractivity contribution in [1.82, 2.24) is 4.90 Å². The maximum atomic E-state index is 13.4. The van der Waals surface area contributed by atoms with Crippen molar-refractivity contribution in [3.63, 3.8) is 0 Å². The molecule has 4 nitrogen and oxygen atoms in total. The average molecular weight is 400 g/mol. The highest BCUT2D eigenvalue weighted by Crippen LogP contribution is 2.41. The molecule has 2 heterocycles. The molecule has 0 amide bonds. The van der Waals surface area contributed by atoms with Gasteiger partial charge >= 0.3 is 5.63 Å². The van der Waals surface area contributed by atoms with E-state index in [-0.39, 0.29) is 11.4 Å². The third-order valence-corrected chi connectivity index (χ3v) is 5.92. The lowest BCUT2D eigenvalue weighted by Crippen LogP contribution is -2.34. The van der Waals surface area contributed by atoms with Crippen LogP contribution in [0.5, 0.6) is 5.75 Å². The van der Waals surface area contributed by atoms with Crippen LogP contribution >= 0.6 is 11.6 Å². The summed E-state index contributed by atoms with van der Waals surface area (Å²) in [5, 5.41) is 1.47. The summed E-state index contributed by atoms with van der Waals surface area (Å²) in [4.78, 5) is 14.5. The van der Waals surface area contributed by atoms with Crippen molar-refractivity contribution in [3.05, 3.63) is 73.8 Å². The molecule has 144 valence electrons. The predicted molar refractivity (Wildman–Crippen MR) is 106 cm³/mol. The van der Waals surface area contributed by atoms with Gasteiger partial charge in [-0.05, 0) is 55.0 Å².